The van der Waals surface area contributed by atoms with Gasteiger partial charge in [-0.25, -0.2) is 9.97 Å². The van der Waals surface area contributed by atoms with Crippen molar-refractivity contribution >= 4 is 23.4 Å². The highest BCUT2D eigenvalue weighted by Gasteiger charge is 2.05. The van der Waals surface area contributed by atoms with E-state index in [1.807, 2.05) is 19.1 Å². The maximum atomic E-state index is 9.00. The van der Waals surface area contributed by atoms with Crippen molar-refractivity contribution in [3.8, 4) is 0 Å². The normalized spacial score (nSPS) is 10.5. The minimum absolute atomic E-state index is 0.0119. The summed E-state index contributed by atoms with van der Waals surface area (Å²) < 4.78 is 0. The Kier molecular flexibility index (Phi) is 3.99. The molecule has 1 N–H and O–H groups in total. The third kappa shape index (κ3) is 3.19. The second-order valence-electron chi connectivity index (χ2n) is 3.54. The number of aliphatic hydroxyl groups is 1. The highest BCUT2D eigenvalue weighted by atomic mass is 35.5. The Morgan fingerprint density at radius 1 is 1.29 bits per heavy atom. The third-order valence-corrected chi connectivity index (χ3v) is 3.47. The topological polar surface area (TPSA) is 46.0 Å². The summed E-state index contributed by atoms with van der Waals surface area (Å²) in [6.07, 6.45) is 3.28. The summed E-state index contributed by atoms with van der Waals surface area (Å²) in [6.45, 7) is 1.97. The van der Waals surface area contributed by atoms with Crippen molar-refractivity contribution < 1.29 is 5.11 Å². The molecule has 0 saturated carbocycles. The summed E-state index contributed by atoms with van der Waals surface area (Å²) in [5, 5.41) is 11.4. The van der Waals surface area contributed by atoms with Crippen LogP contribution in [0, 0.1) is 6.92 Å². The minimum Gasteiger partial charge on any atom is -0.392 e. The number of aliphatic hydroxyl groups excluding tert-OH is 1. The Hall–Kier alpha value is -1.10. The maximum absolute atomic E-state index is 9.00. The molecule has 0 aromatic carbocycles. The molecular formula is C12H11ClN2OS. The molecule has 0 atom stereocenters. The van der Waals surface area contributed by atoms with Gasteiger partial charge in [0.1, 0.15) is 10.1 Å². The van der Waals surface area contributed by atoms with Crippen LogP contribution >= 0.6 is 23.4 Å². The summed E-state index contributed by atoms with van der Waals surface area (Å²) in [6, 6.07) is 5.58. The first kappa shape index (κ1) is 12.4. The van der Waals surface area contributed by atoms with Crippen molar-refractivity contribution in [1.29, 1.82) is 0 Å². The quantitative estimate of drug-likeness (QED) is 0.927. The molecule has 2 aromatic rings. The standard InChI is InChI=1S/C12H11ClN2OS/c1-8-4-9(7-16)5-15-12(8)17-11-3-2-10(13)6-14-11/h2-6,16H,7H2,1H3. The first-order valence-corrected chi connectivity index (χ1v) is 6.24. The Morgan fingerprint density at radius 3 is 2.71 bits per heavy atom. The highest BCUT2D eigenvalue weighted by molar-refractivity contribution is 7.99. The van der Waals surface area contributed by atoms with E-state index < -0.39 is 0 Å². The number of aromatic nitrogens is 2. The van der Waals surface area contributed by atoms with E-state index in [0.29, 0.717) is 5.02 Å². The molecule has 0 spiro atoms. The molecule has 0 fully saturated rings. The molecule has 0 saturated heterocycles. The van der Waals surface area contributed by atoms with Gasteiger partial charge in [0.25, 0.3) is 0 Å². The predicted molar refractivity (Wildman–Crippen MR) is 68.3 cm³/mol. The van der Waals surface area contributed by atoms with E-state index in [1.165, 1.54) is 11.8 Å². The maximum Gasteiger partial charge on any atom is 0.105 e. The zero-order chi connectivity index (χ0) is 12.3. The molecule has 2 heterocycles. The molecule has 17 heavy (non-hydrogen) atoms. The lowest BCUT2D eigenvalue weighted by Gasteiger charge is -2.05. The van der Waals surface area contributed by atoms with Gasteiger partial charge < -0.3 is 5.11 Å². The molecule has 0 aliphatic heterocycles. The lowest BCUT2D eigenvalue weighted by molar-refractivity contribution is 0.281. The zero-order valence-corrected chi connectivity index (χ0v) is 10.8. The molecular weight excluding hydrogens is 256 g/mol. The lowest BCUT2D eigenvalue weighted by Crippen LogP contribution is -1.91. The lowest BCUT2D eigenvalue weighted by atomic mass is 10.2. The largest absolute Gasteiger partial charge is 0.392 e. The van der Waals surface area contributed by atoms with Crippen molar-refractivity contribution in [3.05, 3.63) is 46.7 Å². The van der Waals surface area contributed by atoms with Crippen molar-refractivity contribution in [2.45, 2.75) is 23.6 Å². The van der Waals surface area contributed by atoms with Gasteiger partial charge in [-0.15, -0.1) is 0 Å². The van der Waals surface area contributed by atoms with Crippen LogP contribution in [0.15, 0.2) is 40.6 Å². The van der Waals surface area contributed by atoms with Gasteiger partial charge in [0.15, 0.2) is 0 Å². The van der Waals surface area contributed by atoms with Crippen LogP contribution in [0.1, 0.15) is 11.1 Å². The molecule has 0 aliphatic rings. The van der Waals surface area contributed by atoms with Gasteiger partial charge in [-0.3, -0.25) is 0 Å². The Labute approximate surface area is 109 Å². The van der Waals surface area contributed by atoms with Crippen molar-refractivity contribution in [2.24, 2.45) is 0 Å². The minimum atomic E-state index is 0.0119. The SMILES string of the molecule is Cc1cc(CO)cnc1Sc1ccc(Cl)cn1. The van der Waals surface area contributed by atoms with E-state index in [2.05, 4.69) is 9.97 Å². The summed E-state index contributed by atoms with van der Waals surface area (Å²) in [7, 11) is 0. The second kappa shape index (κ2) is 5.49. The predicted octanol–water partition coefficient (Wildman–Crippen LogP) is 3.08. The molecule has 88 valence electrons. The fourth-order valence-corrected chi connectivity index (χ4v) is 2.21. The molecule has 0 radical (unpaired) electrons. The molecule has 2 rings (SSSR count). The van der Waals surface area contributed by atoms with Gasteiger partial charge in [0.05, 0.1) is 11.6 Å². The second-order valence-corrected chi connectivity index (χ2v) is 4.99. The number of hydrogen-bond acceptors (Lipinski definition) is 4. The Morgan fingerprint density at radius 2 is 2.12 bits per heavy atom. The summed E-state index contributed by atoms with van der Waals surface area (Å²) in [5.41, 5.74) is 1.84. The van der Waals surface area contributed by atoms with E-state index in [-0.39, 0.29) is 6.61 Å². The van der Waals surface area contributed by atoms with Crippen LogP contribution in [0.3, 0.4) is 0 Å². The molecule has 0 aliphatic carbocycles. The first-order chi connectivity index (χ1) is 8.19. The van der Waals surface area contributed by atoms with E-state index >= 15 is 0 Å². The van der Waals surface area contributed by atoms with Gasteiger partial charge in [-0.2, -0.15) is 0 Å². The number of pyridine rings is 2. The van der Waals surface area contributed by atoms with Crippen LogP contribution in [0.4, 0.5) is 0 Å². The van der Waals surface area contributed by atoms with Gasteiger partial charge in [-0.1, -0.05) is 11.6 Å². The summed E-state index contributed by atoms with van der Waals surface area (Å²) in [5.74, 6) is 0. The van der Waals surface area contributed by atoms with Crippen molar-refractivity contribution in [2.75, 3.05) is 0 Å². The number of aryl methyl sites for hydroxylation is 1. The molecule has 5 heteroatoms. The molecule has 0 bridgehead atoms. The first-order valence-electron chi connectivity index (χ1n) is 5.05. The smallest absolute Gasteiger partial charge is 0.105 e. The van der Waals surface area contributed by atoms with Crippen LogP contribution in [0.25, 0.3) is 0 Å². The number of nitrogens with zero attached hydrogens (tertiary/aromatic N) is 2. The average Bonchev–Trinajstić information content (AvgIpc) is 2.34. The molecule has 3 nitrogen and oxygen atoms in total. The van der Waals surface area contributed by atoms with Gasteiger partial charge >= 0.3 is 0 Å². The number of rotatable bonds is 3. The fourth-order valence-electron chi connectivity index (χ4n) is 1.34. The Bertz CT molecular complexity index is 516. The fraction of sp³-hybridized carbons (Fsp3) is 0.167. The van der Waals surface area contributed by atoms with E-state index in [0.717, 1.165) is 21.2 Å². The van der Waals surface area contributed by atoms with Crippen LogP contribution < -0.4 is 0 Å². The molecule has 2 aromatic heterocycles. The summed E-state index contributed by atoms with van der Waals surface area (Å²) in [4.78, 5) is 8.50. The van der Waals surface area contributed by atoms with Crippen LogP contribution in [0.5, 0.6) is 0 Å². The van der Waals surface area contributed by atoms with Crippen molar-refractivity contribution in [3.63, 3.8) is 0 Å². The van der Waals surface area contributed by atoms with Crippen LogP contribution in [-0.2, 0) is 6.61 Å². The van der Waals surface area contributed by atoms with E-state index in [4.69, 9.17) is 16.7 Å². The molecule has 0 unspecified atom stereocenters. The van der Waals surface area contributed by atoms with Crippen LogP contribution in [0.2, 0.25) is 5.02 Å². The van der Waals surface area contributed by atoms with Gasteiger partial charge in [0, 0.05) is 12.4 Å². The van der Waals surface area contributed by atoms with E-state index in [1.54, 1.807) is 18.5 Å². The zero-order valence-electron chi connectivity index (χ0n) is 9.22. The summed E-state index contributed by atoms with van der Waals surface area (Å²) >= 11 is 7.25. The number of halogens is 1. The Balaban J connectivity index is 2.21. The van der Waals surface area contributed by atoms with Crippen LogP contribution in [-0.4, -0.2) is 15.1 Å². The van der Waals surface area contributed by atoms with Crippen molar-refractivity contribution in [1.82, 2.24) is 9.97 Å². The van der Waals surface area contributed by atoms with E-state index in [9.17, 15) is 0 Å². The third-order valence-electron chi connectivity index (χ3n) is 2.17. The molecule has 0 amide bonds. The monoisotopic (exact) mass is 266 g/mol. The number of hydrogen-bond donors (Lipinski definition) is 1. The average molecular weight is 267 g/mol. The highest BCUT2D eigenvalue weighted by Crippen LogP contribution is 2.27. The van der Waals surface area contributed by atoms with Gasteiger partial charge in [0.2, 0.25) is 0 Å². The van der Waals surface area contributed by atoms with Gasteiger partial charge in [-0.05, 0) is 48.0 Å².